The molecule has 12 aromatic rings. The third-order valence-corrected chi connectivity index (χ3v) is 11.6. The van der Waals surface area contributed by atoms with Gasteiger partial charge in [0, 0.05) is 55.1 Å². The molecule has 9 aromatic carbocycles. The largest absolute Gasteiger partial charge is 0.311 e. The van der Waals surface area contributed by atoms with Crippen LogP contribution >= 0.6 is 0 Å². The van der Waals surface area contributed by atoms with E-state index in [2.05, 4.69) is 214 Å². The van der Waals surface area contributed by atoms with Gasteiger partial charge in [-0.3, -0.25) is 0 Å². The molecule has 0 aliphatic carbocycles. The molecule has 0 N–H and O–H groups in total. The highest BCUT2D eigenvalue weighted by atomic mass is 15.1. The van der Waals surface area contributed by atoms with Crippen molar-refractivity contribution in [3.8, 4) is 16.8 Å². The Bertz CT molecular complexity index is 3390. The summed E-state index contributed by atoms with van der Waals surface area (Å²) in [4.78, 5) is 2.34. The first-order chi connectivity index (χ1) is 27.3. The SMILES string of the molecule is c1ccc(-c2ccc(N(c3ccccc3)c3ccc(-n4c5cccc6c7ccccc7n7c8ccccc8c8c9ccccc9c4c(c65)c87)cc3)cc2)cc1. The Kier molecular flexibility index (Phi) is 6.34. The van der Waals surface area contributed by atoms with Crippen molar-refractivity contribution in [3.05, 3.63) is 200 Å². The lowest BCUT2D eigenvalue weighted by Gasteiger charge is -2.26. The molecule has 0 bridgehead atoms. The molecule has 55 heavy (non-hydrogen) atoms. The number of benzene rings is 9. The number of nitrogens with zero attached hydrogens (tertiary/aromatic N) is 3. The Hall–Kier alpha value is -7.36. The number of rotatable bonds is 5. The van der Waals surface area contributed by atoms with Crippen LogP contribution in [0.2, 0.25) is 0 Å². The van der Waals surface area contributed by atoms with Gasteiger partial charge in [0.25, 0.3) is 0 Å². The van der Waals surface area contributed by atoms with E-state index in [0.29, 0.717) is 0 Å². The fourth-order valence-corrected chi connectivity index (χ4v) is 9.33. The lowest BCUT2D eigenvalue weighted by molar-refractivity contribution is 1.18. The van der Waals surface area contributed by atoms with Gasteiger partial charge in [-0.2, -0.15) is 0 Å². The van der Waals surface area contributed by atoms with E-state index in [1.165, 1.54) is 81.8 Å². The zero-order chi connectivity index (χ0) is 36.0. The molecule has 0 amide bonds. The van der Waals surface area contributed by atoms with Crippen molar-refractivity contribution in [1.29, 1.82) is 0 Å². The van der Waals surface area contributed by atoms with Crippen molar-refractivity contribution >= 4 is 87.7 Å². The van der Waals surface area contributed by atoms with Crippen LogP contribution in [0, 0.1) is 0 Å². The van der Waals surface area contributed by atoms with Gasteiger partial charge in [0.2, 0.25) is 0 Å². The number of hydrogen-bond acceptors (Lipinski definition) is 1. The van der Waals surface area contributed by atoms with Crippen molar-refractivity contribution in [3.63, 3.8) is 0 Å². The molecule has 12 rings (SSSR count). The second kappa shape index (κ2) is 11.6. The van der Waals surface area contributed by atoms with E-state index in [1.54, 1.807) is 0 Å². The van der Waals surface area contributed by atoms with Crippen LogP contribution < -0.4 is 4.90 Å². The molecule has 0 spiro atoms. The minimum atomic E-state index is 1.10. The number of para-hydroxylation sites is 3. The van der Waals surface area contributed by atoms with Gasteiger partial charge in [0.1, 0.15) is 0 Å². The number of fused-ring (bicyclic) bond motifs is 9. The average molecular weight is 700 g/mol. The van der Waals surface area contributed by atoms with Crippen LogP contribution in [0.15, 0.2) is 200 Å². The third kappa shape index (κ3) is 4.26. The van der Waals surface area contributed by atoms with Crippen molar-refractivity contribution in [2.24, 2.45) is 0 Å². The zero-order valence-electron chi connectivity index (χ0n) is 29.9. The molecule has 0 radical (unpaired) electrons. The topological polar surface area (TPSA) is 12.6 Å². The van der Waals surface area contributed by atoms with Crippen LogP contribution in [-0.4, -0.2) is 8.97 Å². The minimum Gasteiger partial charge on any atom is -0.311 e. The minimum absolute atomic E-state index is 1.10. The van der Waals surface area contributed by atoms with Crippen LogP contribution in [0.3, 0.4) is 0 Å². The zero-order valence-corrected chi connectivity index (χ0v) is 29.9. The van der Waals surface area contributed by atoms with E-state index in [9.17, 15) is 0 Å². The second-order valence-corrected chi connectivity index (χ2v) is 14.5. The summed E-state index contributed by atoms with van der Waals surface area (Å²) in [6.07, 6.45) is 0. The molecule has 3 nitrogen and oxygen atoms in total. The summed E-state index contributed by atoms with van der Waals surface area (Å²) < 4.78 is 5.04. The summed E-state index contributed by atoms with van der Waals surface area (Å²) in [5, 5.41) is 10.3. The molecule has 0 aliphatic rings. The Morgan fingerprint density at radius 1 is 0.291 bits per heavy atom. The van der Waals surface area contributed by atoms with E-state index >= 15 is 0 Å². The summed E-state index contributed by atoms with van der Waals surface area (Å²) in [5.41, 5.74) is 13.1. The summed E-state index contributed by atoms with van der Waals surface area (Å²) in [6, 6.07) is 72.9. The van der Waals surface area contributed by atoms with Gasteiger partial charge in [-0.05, 0) is 88.6 Å². The highest BCUT2D eigenvalue weighted by molar-refractivity contribution is 6.40. The third-order valence-electron chi connectivity index (χ3n) is 11.6. The Morgan fingerprint density at radius 2 is 0.782 bits per heavy atom. The van der Waals surface area contributed by atoms with Crippen molar-refractivity contribution in [2.45, 2.75) is 0 Å². The lowest BCUT2D eigenvalue weighted by atomic mass is 9.98. The first-order valence-electron chi connectivity index (χ1n) is 19.0. The maximum absolute atomic E-state index is 2.53. The van der Waals surface area contributed by atoms with Crippen LogP contribution in [0.1, 0.15) is 0 Å². The first-order valence-corrected chi connectivity index (χ1v) is 19.0. The molecule has 0 saturated heterocycles. The average Bonchev–Trinajstić information content (AvgIpc) is 3.75. The van der Waals surface area contributed by atoms with Crippen LogP contribution in [0.4, 0.5) is 17.1 Å². The predicted molar refractivity (Wildman–Crippen MR) is 233 cm³/mol. The van der Waals surface area contributed by atoms with E-state index < -0.39 is 0 Å². The summed E-state index contributed by atoms with van der Waals surface area (Å²) in [7, 11) is 0. The van der Waals surface area contributed by atoms with E-state index in [4.69, 9.17) is 0 Å². The fraction of sp³-hybridized carbons (Fsp3) is 0. The standard InChI is InChI=1S/C52H33N3/c1-3-14-34(15-4-1)35-26-28-37(29-27-35)53(36-16-5-2-6-17-36)38-30-32-39(33-31-38)54-47-25-13-22-41-40-18-9-11-23-45(40)55-46-24-12-10-21-44(46)48-42-19-7-8-20-43(42)51(54)50(49(41)47)52(48)55/h1-33H. The second-order valence-electron chi connectivity index (χ2n) is 14.5. The summed E-state index contributed by atoms with van der Waals surface area (Å²) in [6.45, 7) is 0. The quantitative estimate of drug-likeness (QED) is 0.174. The van der Waals surface area contributed by atoms with Crippen molar-refractivity contribution in [1.82, 2.24) is 8.97 Å². The molecule has 0 unspecified atom stereocenters. The summed E-state index contributed by atoms with van der Waals surface area (Å²) in [5.74, 6) is 0. The number of anilines is 3. The highest BCUT2D eigenvalue weighted by Gasteiger charge is 2.26. The van der Waals surface area contributed by atoms with Gasteiger partial charge in [-0.1, -0.05) is 133 Å². The lowest BCUT2D eigenvalue weighted by Crippen LogP contribution is -2.10. The van der Waals surface area contributed by atoms with Gasteiger partial charge < -0.3 is 13.9 Å². The van der Waals surface area contributed by atoms with E-state index in [0.717, 1.165) is 22.7 Å². The van der Waals surface area contributed by atoms with E-state index in [1.807, 2.05) is 0 Å². The highest BCUT2D eigenvalue weighted by Crippen LogP contribution is 2.49. The maximum Gasteiger partial charge on any atom is 0.0648 e. The molecule has 0 fully saturated rings. The molecular weight excluding hydrogens is 667 g/mol. The van der Waals surface area contributed by atoms with Gasteiger partial charge in [-0.15, -0.1) is 0 Å². The Morgan fingerprint density at radius 3 is 1.51 bits per heavy atom. The smallest absolute Gasteiger partial charge is 0.0648 e. The molecule has 3 aromatic heterocycles. The van der Waals surface area contributed by atoms with E-state index in [-0.39, 0.29) is 0 Å². The van der Waals surface area contributed by atoms with Crippen molar-refractivity contribution < 1.29 is 0 Å². The van der Waals surface area contributed by atoms with Crippen molar-refractivity contribution in [2.75, 3.05) is 4.90 Å². The van der Waals surface area contributed by atoms with Crippen LogP contribution in [-0.2, 0) is 0 Å². The normalized spacial score (nSPS) is 12.0. The number of aromatic nitrogens is 2. The van der Waals surface area contributed by atoms with Crippen LogP contribution in [0.25, 0.3) is 87.5 Å². The molecule has 0 atom stereocenters. The molecule has 3 heterocycles. The molecule has 0 saturated carbocycles. The molecule has 256 valence electrons. The fourth-order valence-electron chi connectivity index (χ4n) is 9.33. The number of hydrogen-bond donors (Lipinski definition) is 0. The van der Waals surface area contributed by atoms with Gasteiger partial charge in [0.05, 0.1) is 27.6 Å². The summed E-state index contributed by atoms with van der Waals surface area (Å²) >= 11 is 0. The molecule has 0 aliphatic heterocycles. The molecular formula is C52H33N3. The van der Waals surface area contributed by atoms with Crippen LogP contribution in [0.5, 0.6) is 0 Å². The van der Waals surface area contributed by atoms with Gasteiger partial charge in [0.15, 0.2) is 0 Å². The first kappa shape index (κ1) is 30.1. The molecule has 3 heteroatoms. The van der Waals surface area contributed by atoms with Gasteiger partial charge in [-0.25, -0.2) is 0 Å². The Balaban J connectivity index is 1.13. The van der Waals surface area contributed by atoms with Gasteiger partial charge >= 0.3 is 0 Å². The Labute approximate surface area is 317 Å². The predicted octanol–water partition coefficient (Wildman–Crippen LogP) is 14.2. The maximum atomic E-state index is 2.53. The monoisotopic (exact) mass is 699 g/mol.